The quantitative estimate of drug-likeness (QED) is 0.688. The smallest absolute Gasteiger partial charge is 0.323 e. The van der Waals surface area contributed by atoms with Gasteiger partial charge in [-0.2, -0.15) is 0 Å². The van der Waals surface area contributed by atoms with E-state index in [4.69, 9.17) is 0 Å². The predicted octanol–water partition coefficient (Wildman–Crippen LogP) is 2.52. The van der Waals surface area contributed by atoms with Gasteiger partial charge in [0.15, 0.2) is 5.13 Å². The average molecular weight is 444 g/mol. The molecule has 1 saturated heterocycles. The number of aryl methyl sites for hydroxylation is 1. The van der Waals surface area contributed by atoms with Crippen LogP contribution < -0.4 is 10.6 Å². The minimum Gasteiger partial charge on any atom is -0.353 e. The van der Waals surface area contributed by atoms with Crippen molar-refractivity contribution in [1.82, 2.24) is 20.1 Å². The number of aromatic nitrogens is 1. The van der Waals surface area contributed by atoms with E-state index in [0.717, 1.165) is 12.8 Å². The molecule has 31 heavy (non-hydrogen) atoms. The highest BCUT2D eigenvalue weighted by Crippen LogP contribution is 2.17. The summed E-state index contributed by atoms with van der Waals surface area (Å²) in [5, 5.41) is 8.06. The molecule has 1 fully saturated rings. The van der Waals surface area contributed by atoms with Crippen LogP contribution in [0.25, 0.3) is 0 Å². The van der Waals surface area contributed by atoms with Gasteiger partial charge in [-0.1, -0.05) is 30.3 Å². The van der Waals surface area contributed by atoms with Crippen molar-refractivity contribution in [1.29, 1.82) is 0 Å². The molecule has 2 N–H and O–H groups in total. The molecule has 1 aliphatic heterocycles. The Morgan fingerprint density at radius 3 is 2.45 bits per heavy atom. The predicted molar refractivity (Wildman–Crippen MR) is 121 cm³/mol. The molecule has 0 spiro atoms. The molecule has 166 valence electrons. The van der Waals surface area contributed by atoms with Crippen molar-refractivity contribution in [3.63, 3.8) is 0 Å². The van der Waals surface area contributed by atoms with E-state index in [1.54, 1.807) is 15.2 Å². The van der Waals surface area contributed by atoms with Crippen molar-refractivity contribution in [3.05, 3.63) is 47.0 Å². The first-order valence-corrected chi connectivity index (χ1v) is 11.4. The number of nitrogens with one attached hydrogen (secondary N) is 2. The van der Waals surface area contributed by atoms with Crippen molar-refractivity contribution in [2.75, 3.05) is 31.5 Å². The molecule has 0 radical (unpaired) electrons. The highest BCUT2D eigenvalue weighted by Gasteiger charge is 2.23. The number of anilines is 1. The number of benzene rings is 1. The molecule has 1 unspecified atom stereocenters. The van der Waals surface area contributed by atoms with Crippen LogP contribution in [0, 0.1) is 0 Å². The maximum Gasteiger partial charge on any atom is 0.323 e. The van der Waals surface area contributed by atoms with Gasteiger partial charge in [0.25, 0.3) is 0 Å². The summed E-state index contributed by atoms with van der Waals surface area (Å²) in [4.78, 5) is 43.9. The summed E-state index contributed by atoms with van der Waals surface area (Å²) in [6, 6.07) is 10.0. The van der Waals surface area contributed by atoms with Gasteiger partial charge in [0.05, 0.1) is 12.1 Å². The van der Waals surface area contributed by atoms with Crippen molar-refractivity contribution < 1.29 is 14.4 Å². The Hall–Kier alpha value is -2.94. The number of rotatable bonds is 7. The molecular weight excluding hydrogens is 414 g/mol. The van der Waals surface area contributed by atoms with Gasteiger partial charge < -0.3 is 15.1 Å². The number of amides is 4. The molecule has 0 saturated carbocycles. The Balaban J connectivity index is 1.40. The largest absolute Gasteiger partial charge is 0.353 e. The van der Waals surface area contributed by atoms with Crippen LogP contribution in [0.15, 0.2) is 35.7 Å². The highest BCUT2D eigenvalue weighted by atomic mass is 32.1. The summed E-state index contributed by atoms with van der Waals surface area (Å²) in [5.74, 6) is -0.0543. The Bertz CT molecular complexity index is 894. The van der Waals surface area contributed by atoms with Crippen molar-refractivity contribution in [3.8, 4) is 0 Å². The molecule has 1 atom stereocenters. The molecule has 8 nitrogen and oxygen atoms in total. The van der Waals surface area contributed by atoms with Crippen LogP contribution in [0.3, 0.4) is 0 Å². The van der Waals surface area contributed by atoms with E-state index < -0.39 is 0 Å². The molecule has 3 rings (SSSR count). The summed E-state index contributed by atoms with van der Waals surface area (Å²) in [5.41, 5.74) is 1.89. The molecule has 0 aliphatic carbocycles. The van der Waals surface area contributed by atoms with Gasteiger partial charge >= 0.3 is 6.03 Å². The number of urea groups is 1. The lowest BCUT2D eigenvalue weighted by Crippen LogP contribution is -2.51. The van der Waals surface area contributed by atoms with Crippen LogP contribution in [0.5, 0.6) is 0 Å². The van der Waals surface area contributed by atoms with Gasteiger partial charge in [-0.3, -0.25) is 14.9 Å². The second-order valence-electron chi connectivity index (χ2n) is 7.74. The van der Waals surface area contributed by atoms with Crippen LogP contribution in [0.4, 0.5) is 9.93 Å². The topological polar surface area (TPSA) is 94.6 Å². The van der Waals surface area contributed by atoms with E-state index in [1.807, 2.05) is 25.1 Å². The van der Waals surface area contributed by atoms with Gasteiger partial charge in [-0.25, -0.2) is 9.78 Å². The first kappa shape index (κ1) is 22.7. The van der Waals surface area contributed by atoms with Gasteiger partial charge in [0, 0.05) is 44.5 Å². The highest BCUT2D eigenvalue weighted by molar-refractivity contribution is 7.13. The number of hydrogen-bond donors (Lipinski definition) is 2. The van der Waals surface area contributed by atoms with Crippen LogP contribution in [0.2, 0.25) is 0 Å². The molecule has 1 aromatic heterocycles. The van der Waals surface area contributed by atoms with E-state index in [-0.39, 0.29) is 30.3 Å². The minimum atomic E-state index is -0.233. The van der Waals surface area contributed by atoms with Crippen molar-refractivity contribution in [2.45, 2.75) is 39.2 Å². The first-order chi connectivity index (χ1) is 14.9. The Kier molecular flexibility index (Phi) is 8.00. The van der Waals surface area contributed by atoms with Crippen LogP contribution in [-0.2, 0) is 22.4 Å². The monoisotopic (exact) mass is 443 g/mol. The number of hydrogen-bond acceptors (Lipinski definition) is 5. The van der Waals surface area contributed by atoms with Crippen LogP contribution in [0.1, 0.15) is 31.5 Å². The first-order valence-electron chi connectivity index (χ1n) is 10.5. The molecule has 1 aliphatic rings. The lowest BCUT2D eigenvalue weighted by Gasteiger charge is -2.33. The molecular formula is C22H29N5O3S. The second kappa shape index (κ2) is 10.9. The number of carbonyl (C=O) groups is 3. The van der Waals surface area contributed by atoms with Gasteiger partial charge in [-0.05, 0) is 25.3 Å². The van der Waals surface area contributed by atoms with Gasteiger partial charge in [0.2, 0.25) is 11.8 Å². The normalized spacial score (nSPS) is 14.8. The van der Waals surface area contributed by atoms with E-state index >= 15 is 0 Å². The zero-order valence-corrected chi connectivity index (χ0v) is 18.8. The molecule has 2 aromatic rings. The third-order valence-corrected chi connectivity index (χ3v) is 6.04. The van der Waals surface area contributed by atoms with Crippen molar-refractivity contribution in [2.24, 2.45) is 0 Å². The Morgan fingerprint density at radius 2 is 1.77 bits per heavy atom. The van der Waals surface area contributed by atoms with Gasteiger partial charge in [0.1, 0.15) is 0 Å². The molecule has 4 amide bonds. The van der Waals surface area contributed by atoms with Gasteiger partial charge in [-0.15, -0.1) is 11.3 Å². The molecule has 2 heterocycles. The number of nitrogens with zero attached hydrogens (tertiary/aromatic N) is 3. The average Bonchev–Trinajstić information content (AvgIpc) is 3.19. The summed E-state index contributed by atoms with van der Waals surface area (Å²) in [6.45, 7) is 5.59. The third kappa shape index (κ3) is 7.06. The minimum absolute atomic E-state index is 0.0253. The maximum atomic E-state index is 12.4. The number of piperazine rings is 1. The van der Waals surface area contributed by atoms with Crippen molar-refractivity contribution >= 4 is 34.3 Å². The SMILES string of the molecule is CC(=O)N1CCN(C(=O)Nc2nc(CC(=O)NC(C)CCc3ccccc3)cs2)CC1. The summed E-state index contributed by atoms with van der Waals surface area (Å²) < 4.78 is 0. The molecule has 0 bridgehead atoms. The third-order valence-electron chi connectivity index (χ3n) is 5.24. The summed E-state index contributed by atoms with van der Waals surface area (Å²) in [6.07, 6.45) is 1.96. The fourth-order valence-electron chi connectivity index (χ4n) is 3.43. The molecule has 1 aromatic carbocycles. The Labute approximate surface area is 186 Å². The lowest BCUT2D eigenvalue weighted by atomic mass is 10.1. The Morgan fingerprint density at radius 1 is 1.10 bits per heavy atom. The fraction of sp³-hybridized carbons (Fsp3) is 0.455. The van der Waals surface area contributed by atoms with Crippen LogP contribution >= 0.6 is 11.3 Å². The zero-order valence-electron chi connectivity index (χ0n) is 18.0. The van der Waals surface area contributed by atoms with E-state index in [0.29, 0.717) is 37.0 Å². The fourth-order valence-corrected chi connectivity index (χ4v) is 4.13. The summed E-state index contributed by atoms with van der Waals surface area (Å²) >= 11 is 1.30. The maximum absolute atomic E-state index is 12.4. The van der Waals surface area contributed by atoms with E-state index in [1.165, 1.54) is 23.8 Å². The number of carbonyl (C=O) groups excluding carboxylic acids is 3. The summed E-state index contributed by atoms with van der Waals surface area (Å²) in [7, 11) is 0. The number of thiazole rings is 1. The van der Waals surface area contributed by atoms with Crippen LogP contribution in [-0.4, -0.2) is 64.9 Å². The van der Waals surface area contributed by atoms with E-state index in [9.17, 15) is 14.4 Å². The van der Waals surface area contributed by atoms with E-state index in [2.05, 4.69) is 27.8 Å². The zero-order chi connectivity index (χ0) is 22.2. The molecule has 9 heteroatoms. The standard InChI is InChI=1S/C22H29N5O3S/c1-16(8-9-18-6-4-3-5-7-18)23-20(29)14-19-15-31-21(24-19)25-22(30)27-12-10-26(11-13-27)17(2)28/h3-7,15-16H,8-14H2,1-2H3,(H,23,29)(H,24,25,30). The lowest BCUT2D eigenvalue weighted by molar-refractivity contribution is -0.130. The second-order valence-corrected chi connectivity index (χ2v) is 8.59.